The van der Waals surface area contributed by atoms with Gasteiger partial charge >= 0.3 is 0 Å². The first-order valence-corrected chi connectivity index (χ1v) is 25.2. The molecule has 2 aliphatic carbocycles. The lowest BCUT2D eigenvalue weighted by Crippen LogP contribution is -2.28. The minimum absolute atomic E-state index is 0.127. The van der Waals surface area contributed by atoms with Crippen LogP contribution in [-0.2, 0) is 10.8 Å². The van der Waals surface area contributed by atoms with Crippen LogP contribution in [0.1, 0.15) is 47.2 Å². The number of hydrogen-bond donors (Lipinski definition) is 0. The molecule has 1 heterocycles. The second kappa shape index (κ2) is 16.3. The number of fused-ring (bicyclic) bond motifs is 9. The van der Waals surface area contributed by atoms with Crippen LogP contribution < -0.4 is 4.90 Å². The molecular weight excluding hydrogens is 869 g/mol. The number of rotatable bonds is 8. The Labute approximate surface area is 421 Å². The first kappa shape index (κ1) is 41.9. The van der Waals surface area contributed by atoms with Crippen molar-refractivity contribution in [3.63, 3.8) is 0 Å². The van der Waals surface area contributed by atoms with Gasteiger partial charge in [-0.3, -0.25) is 0 Å². The van der Waals surface area contributed by atoms with Crippen LogP contribution in [0.4, 0.5) is 17.1 Å². The summed E-state index contributed by atoms with van der Waals surface area (Å²) in [4.78, 5) is 2.50. The molecule has 0 saturated heterocycles. The minimum Gasteiger partial charge on any atom is -0.310 e. The fourth-order valence-corrected chi connectivity index (χ4v) is 12.7. The third-order valence-corrected chi connectivity index (χ3v) is 15.9. The lowest BCUT2D eigenvalue weighted by molar-refractivity contribution is 0.660. The summed E-state index contributed by atoms with van der Waals surface area (Å²) in [5.41, 5.74) is 23.9. The molecule has 11 aromatic carbocycles. The summed E-state index contributed by atoms with van der Waals surface area (Å²) in [5.74, 6) is 0. The molecule has 0 fully saturated rings. The molecule has 1 aromatic heterocycles. The van der Waals surface area contributed by atoms with Gasteiger partial charge in [-0.25, -0.2) is 0 Å². The molecule has 0 radical (unpaired) electrons. The first-order valence-electron chi connectivity index (χ1n) is 25.2. The van der Waals surface area contributed by atoms with E-state index in [0.29, 0.717) is 0 Å². The average molecular weight is 919 g/mol. The van der Waals surface area contributed by atoms with E-state index in [-0.39, 0.29) is 5.41 Å². The summed E-state index contributed by atoms with van der Waals surface area (Å²) < 4.78 is 2.40. The molecule has 0 N–H and O–H groups in total. The Hall–Kier alpha value is -8.98. The van der Waals surface area contributed by atoms with E-state index in [4.69, 9.17) is 0 Å². The molecule has 0 bridgehead atoms. The van der Waals surface area contributed by atoms with E-state index in [2.05, 4.69) is 290 Å². The summed E-state index contributed by atoms with van der Waals surface area (Å²) in [5, 5.41) is 2.52. The molecule has 0 unspecified atom stereocenters. The summed E-state index contributed by atoms with van der Waals surface area (Å²) in [6, 6.07) is 99.1. The monoisotopic (exact) mass is 918 g/mol. The van der Waals surface area contributed by atoms with Crippen LogP contribution >= 0.6 is 0 Å². The number of para-hydroxylation sites is 3. The number of aromatic nitrogens is 1. The van der Waals surface area contributed by atoms with Gasteiger partial charge in [0.05, 0.1) is 22.1 Å². The lowest BCUT2D eigenvalue weighted by atomic mass is 9.67. The average Bonchev–Trinajstić information content (AvgIpc) is 4.03. The van der Waals surface area contributed by atoms with Crippen LogP contribution in [0.5, 0.6) is 0 Å². The summed E-state index contributed by atoms with van der Waals surface area (Å²) in [6.07, 6.45) is 0. The van der Waals surface area contributed by atoms with Crippen molar-refractivity contribution in [2.75, 3.05) is 4.90 Å². The molecular formula is C70H50N2. The predicted molar refractivity (Wildman–Crippen MR) is 301 cm³/mol. The molecule has 72 heavy (non-hydrogen) atoms. The number of benzene rings is 11. The van der Waals surface area contributed by atoms with Crippen molar-refractivity contribution in [3.8, 4) is 50.2 Å². The molecule has 14 rings (SSSR count). The van der Waals surface area contributed by atoms with Gasteiger partial charge < -0.3 is 9.47 Å². The molecule has 2 heteroatoms. The third-order valence-electron chi connectivity index (χ3n) is 15.9. The highest BCUT2D eigenvalue weighted by atomic mass is 15.1. The highest BCUT2D eigenvalue weighted by Gasteiger charge is 2.46. The smallest absolute Gasteiger partial charge is 0.0714 e. The minimum atomic E-state index is -0.545. The van der Waals surface area contributed by atoms with Gasteiger partial charge in [0, 0.05) is 38.8 Å². The Morgan fingerprint density at radius 1 is 0.333 bits per heavy atom. The Morgan fingerprint density at radius 3 is 1.57 bits per heavy atom. The summed E-state index contributed by atoms with van der Waals surface area (Å²) >= 11 is 0. The zero-order valence-corrected chi connectivity index (χ0v) is 40.3. The van der Waals surface area contributed by atoms with Crippen LogP contribution in [0, 0.1) is 0 Å². The molecule has 12 aromatic rings. The van der Waals surface area contributed by atoms with Gasteiger partial charge in [0.25, 0.3) is 0 Å². The van der Waals surface area contributed by atoms with Crippen molar-refractivity contribution < 1.29 is 0 Å². The zero-order chi connectivity index (χ0) is 48.0. The zero-order valence-electron chi connectivity index (χ0n) is 40.3. The van der Waals surface area contributed by atoms with E-state index in [1.807, 2.05) is 0 Å². The van der Waals surface area contributed by atoms with Crippen molar-refractivity contribution >= 4 is 38.9 Å². The molecule has 0 aliphatic heterocycles. The van der Waals surface area contributed by atoms with E-state index in [1.54, 1.807) is 0 Å². The highest BCUT2D eigenvalue weighted by Crippen LogP contribution is 2.58. The van der Waals surface area contributed by atoms with Crippen molar-refractivity contribution in [1.82, 2.24) is 4.57 Å². The molecule has 0 amide bonds. The number of anilines is 3. The Balaban J connectivity index is 0.976. The normalized spacial score (nSPS) is 13.6. The van der Waals surface area contributed by atoms with Gasteiger partial charge in [0.1, 0.15) is 0 Å². The van der Waals surface area contributed by atoms with Crippen molar-refractivity contribution in [3.05, 3.63) is 300 Å². The largest absolute Gasteiger partial charge is 0.310 e. The van der Waals surface area contributed by atoms with Crippen LogP contribution in [0.3, 0.4) is 0 Å². The van der Waals surface area contributed by atoms with Crippen LogP contribution in [0.2, 0.25) is 0 Å². The van der Waals surface area contributed by atoms with Gasteiger partial charge in [0.15, 0.2) is 0 Å². The standard InChI is InChI=1S/C70H50N2/c1-69(2)61-33-14-10-31-60(61)68-59(32-20-35-63(68)69)58-30-13-16-36-65(58)71(51-41-39-47(40-42-51)48-21-19-26-52(45-48)72-66-37-17-11-28-56(66)57-29-12-18-38-67(57)72)53-43-44-55-54-27-9-15-34-62(54)70(64(55)46-53,49-22-5-3-6-23-49)50-24-7-4-8-25-50/h3-46H,1-2H3. The summed E-state index contributed by atoms with van der Waals surface area (Å²) in [6.45, 7) is 4.74. The third kappa shape index (κ3) is 6.15. The molecule has 0 atom stereocenters. The maximum absolute atomic E-state index is 2.50. The van der Waals surface area contributed by atoms with Gasteiger partial charge in [-0.2, -0.15) is 0 Å². The van der Waals surface area contributed by atoms with E-state index in [1.165, 1.54) is 94.1 Å². The first-order chi connectivity index (χ1) is 35.5. The predicted octanol–water partition coefficient (Wildman–Crippen LogP) is 18.3. The molecule has 2 aliphatic rings. The van der Waals surface area contributed by atoms with Gasteiger partial charge in [-0.15, -0.1) is 0 Å². The lowest BCUT2D eigenvalue weighted by Gasteiger charge is -2.35. The molecule has 0 saturated carbocycles. The van der Waals surface area contributed by atoms with Gasteiger partial charge in [-0.1, -0.05) is 226 Å². The highest BCUT2D eigenvalue weighted by molar-refractivity contribution is 6.09. The molecule has 340 valence electrons. The van der Waals surface area contributed by atoms with Crippen molar-refractivity contribution in [1.29, 1.82) is 0 Å². The topological polar surface area (TPSA) is 8.17 Å². The van der Waals surface area contributed by atoms with Crippen LogP contribution in [0.25, 0.3) is 72.0 Å². The summed E-state index contributed by atoms with van der Waals surface area (Å²) in [7, 11) is 0. The second-order valence-corrected chi connectivity index (χ2v) is 20.0. The van der Waals surface area contributed by atoms with E-state index in [9.17, 15) is 0 Å². The molecule has 0 spiro atoms. The van der Waals surface area contributed by atoms with Crippen LogP contribution in [-0.4, -0.2) is 4.57 Å². The van der Waals surface area contributed by atoms with E-state index < -0.39 is 5.41 Å². The molecule has 2 nitrogen and oxygen atoms in total. The van der Waals surface area contributed by atoms with Crippen molar-refractivity contribution in [2.24, 2.45) is 0 Å². The maximum Gasteiger partial charge on any atom is 0.0714 e. The quantitative estimate of drug-likeness (QED) is 0.147. The SMILES string of the molecule is CC1(C)c2ccccc2-c2c(-c3ccccc3N(c3ccc(-c4cccc(-n5c6ccccc6c6ccccc65)c4)cc3)c3ccc4c(c3)C(c3ccccc3)(c3ccccc3)c3ccccc3-4)cccc21. The number of nitrogens with zero attached hydrogens (tertiary/aromatic N) is 2. The Kier molecular flexibility index (Phi) is 9.50. The Bertz CT molecular complexity index is 3970. The fraction of sp³-hybridized carbons (Fsp3) is 0.0571. The maximum atomic E-state index is 2.50. The van der Waals surface area contributed by atoms with E-state index >= 15 is 0 Å². The van der Waals surface area contributed by atoms with Crippen LogP contribution in [0.15, 0.2) is 267 Å². The number of hydrogen-bond acceptors (Lipinski definition) is 1. The van der Waals surface area contributed by atoms with Gasteiger partial charge in [-0.05, 0) is 127 Å². The fourth-order valence-electron chi connectivity index (χ4n) is 12.7. The van der Waals surface area contributed by atoms with Crippen molar-refractivity contribution in [2.45, 2.75) is 24.7 Å². The van der Waals surface area contributed by atoms with Gasteiger partial charge in [0.2, 0.25) is 0 Å². The Morgan fingerprint density at radius 2 is 0.861 bits per heavy atom. The second-order valence-electron chi connectivity index (χ2n) is 20.0. The van der Waals surface area contributed by atoms with E-state index in [0.717, 1.165) is 28.3 Å².